The molecule has 4 nitrogen and oxygen atoms in total. The SMILES string of the molecule is Cc1ccc(C(=O)NCCCn2nc(C(F)(F)F)cc2C2CC2)s1. The fourth-order valence-corrected chi connectivity index (χ4v) is 3.31. The Bertz CT molecular complexity index is 731. The zero-order valence-electron chi connectivity index (χ0n) is 13.2. The van der Waals surface area contributed by atoms with Gasteiger partial charge in [-0.25, -0.2) is 0 Å². The highest BCUT2D eigenvalue weighted by atomic mass is 32.1. The van der Waals surface area contributed by atoms with Crippen LogP contribution in [-0.4, -0.2) is 22.2 Å². The first-order valence-corrected chi connectivity index (χ1v) is 8.66. The Hall–Kier alpha value is -1.83. The van der Waals surface area contributed by atoms with Gasteiger partial charge in [0.05, 0.1) is 4.88 Å². The summed E-state index contributed by atoms with van der Waals surface area (Å²) in [5, 5.41) is 6.49. The van der Waals surface area contributed by atoms with Crippen molar-refractivity contribution in [3.8, 4) is 0 Å². The average molecular weight is 357 g/mol. The van der Waals surface area contributed by atoms with Crippen LogP contribution >= 0.6 is 11.3 Å². The number of alkyl halides is 3. The number of aryl methyl sites for hydroxylation is 2. The van der Waals surface area contributed by atoms with Gasteiger partial charge < -0.3 is 5.32 Å². The molecule has 1 aliphatic carbocycles. The van der Waals surface area contributed by atoms with Crippen LogP contribution in [0.2, 0.25) is 0 Å². The van der Waals surface area contributed by atoms with Crippen molar-refractivity contribution in [1.82, 2.24) is 15.1 Å². The summed E-state index contributed by atoms with van der Waals surface area (Å²) < 4.78 is 39.9. The summed E-state index contributed by atoms with van der Waals surface area (Å²) >= 11 is 1.42. The van der Waals surface area contributed by atoms with Crippen LogP contribution in [0, 0.1) is 6.92 Å². The van der Waals surface area contributed by atoms with Gasteiger partial charge in [-0.15, -0.1) is 11.3 Å². The molecule has 0 bridgehead atoms. The van der Waals surface area contributed by atoms with Gasteiger partial charge in [-0.05, 0) is 44.4 Å². The Kier molecular flexibility index (Phi) is 4.67. The topological polar surface area (TPSA) is 46.9 Å². The number of carbonyl (C=O) groups is 1. The van der Waals surface area contributed by atoms with E-state index in [1.807, 2.05) is 13.0 Å². The molecule has 2 aromatic heterocycles. The molecule has 2 heterocycles. The number of hydrogen-bond acceptors (Lipinski definition) is 3. The normalized spacial score (nSPS) is 14.8. The molecule has 0 saturated heterocycles. The highest BCUT2D eigenvalue weighted by Gasteiger charge is 2.37. The molecule has 130 valence electrons. The number of nitrogens with zero attached hydrogens (tertiary/aromatic N) is 2. The van der Waals surface area contributed by atoms with Crippen molar-refractivity contribution in [2.24, 2.45) is 0 Å². The van der Waals surface area contributed by atoms with E-state index in [1.54, 1.807) is 6.07 Å². The molecule has 0 spiro atoms. The summed E-state index contributed by atoms with van der Waals surface area (Å²) in [6.07, 6.45) is -2.05. The molecule has 1 amide bonds. The van der Waals surface area contributed by atoms with Crippen LogP contribution < -0.4 is 5.32 Å². The molecule has 0 aromatic carbocycles. The van der Waals surface area contributed by atoms with E-state index in [2.05, 4.69) is 10.4 Å². The lowest BCUT2D eigenvalue weighted by molar-refractivity contribution is -0.141. The smallest absolute Gasteiger partial charge is 0.351 e. The molecule has 2 aromatic rings. The van der Waals surface area contributed by atoms with Gasteiger partial charge >= 0.3 is 6.18 Å². The number of thiophene rings is 1. The number of carbonyl (C=O) groups excluding carboxylic acids is 1. The van der Waals surface area contributed by atoms with Crippen LogP contribution in [0.15, 0.2) is 18.2 Å². The van der Waals surface area contributed by atoms with Gasteiger partial charge in [0.25, 0.3) is 5.91 Å². The van der Waals surface area contributed by atoms with Crippen LogP contribution in [-0.2, 0) is 12.7 Å². The number of rotatable bonds is 6. The number of halogens is 3. The summed E-state index contributed by atoms with van der Waals surface area (Å²) in [7, 11) is 0. The minimum atomic E-state index is -4.42. The van der Waals surface area contributed by atoms with Crippen LogP contribution in [0.1, 0.15) is 51.1 Å². The Morgan fingerprint density at radius 1 is 1.42 bits per heavy atom. The van der Waals surface area contributed by atoms with Gasteiger partial charge in [0.1, 0.15) is 0 Å². The van der Waals surface area contributed by atoms with Gasteiger partial charge in [-0.2, -0.15) is 18.3 Å². The maximum absolute atomic E-state index is 12.8. The summed E-state index contributed by atoms with van der Waals surface area (Å²) in [5.74, 6) is 0.0456. The summed E-state index contributed by atoms with van der Waals surface area (Å²) in [5.41, 5.74) is -0.176. The quantitative estimate of drug-likeness (QED) is 0.795. The van der Waals surface area contributed by atoms with Gasteiger partial charge in [0.2, 0.25) is 0 Å². The molecule has 1 N–H and O–H groups in total. The number of nitrogens with one attached hydrogen (secondary N) is 1. The lowest BCUT2D eigenvalue weighted by atomic mass is 10.2. The van der Waals surface area contributed by atoms with E-state index in [1.165, 1.54) is 16.0 Å². The van der Waals surface area contributed by atoms with Crippen molar-refractivity contribution < 1.29 is 18.0 Å². The number of aromatic nitrogens is 2. The van der Waals surface area contributed by atoms with E-state index >= 15 is 0 Å². The van der Waals surface area contributed by atoms with E-state index in [0.717, 1.165) is 23.8 Å². The monoisotopic (exact) mass is 357 g/mol. The van der Waals surface area contributed by atoms with Crippen LogP contribution in [0.3, 0.4) is 0 Å². The van der Waals surface area contributed by atoms with Crippen molar-refractivity contribution in [3.05, 3.63) is 39.3 Å². The Morgan fingerprint density at radius 3 is 2.75 bits per heavy atom. The zero-order chi connectivity index (χ0) is 17.3. The fraction of sp³-hybridized carbons (Fsp3) is 0.500. The third-order valence-corrected chi connectivity index (χ3v) is 4.89. The molecule has 1 fully saturated rings. The van der Waals surface area contributed by atoms with Crippen LogP contribution in [0.25, 0.3) is 0 Å². The van der Waals surface area contributed by atoms with Crippen LogP contribution in [0.5, 0.6) is 0 Å². The predicted octanol–water partition coefficient (Wildman–Crippen LogP) is 3.97. The molecule has 0 unspecified atom stereocenters. The predicted molar refractivity (Wildman–Crippen MR) is 85.2 cm³/mol. The van der Waals surface area contributed by atoms with Gasteiger partial charge in [-0.3, -0.25) is 9.48 Å². The van der Waals surface area contributed by atoms with Gasteiger partial charge in [-0.1, -0.05) is 0 Å². The van der Waals surface area contributed by atoms with E-state index in [-0.39, 0.29) is 11.8 Å². The number of hydrogen-bond donors (Lipinski definition) is 1. The summed E-state index contributed by atoms with van der Waals surface area (Å²) in [6, 6.07) is 4.80. The second-order valence-corrected chi connectivity index (χ2v) is 7.26. The highest BCUT2D eigenvalue weighted by molar-refractivity contribution is 7.13. The second-order valence-electron chi connectivity index (χ2n) is 5.97. The maximum Gasteiger partial charge on any atom is 0.435 e. The molecule has 1 aliphatic rings. The lowest BCUT2D eigenvalue weighted by Crippen LogP contribution is -2.24. The molecular weight excluding hydrogens is 339 g/mol. The van der Waals surface area contributed by atoms with E-state index in [9.17, 15) is 18.0 Å². The van der Waals surface area contributed by atoms with E-state index in [0.29, 0.717) is 30.1 Å². The first-order chi connectivity index (χ1) is 11.3. The lowest BCUT2D eigenvalue weighted by Gasteiger charge is -2.07. The van der Waals surface area contributed by atoms with E-state index in [4.69, 9.17) is 0 Å². The molecule has 0 atom stereocenters. The summed E-state index contributed by atoms with van der Waals surface area (Å²) in [6.45, 7) is 2.70. The first-order valence-electron chi connectivity index (χ1n) is 7.84. The van der Waals surface area contributed by atoms with E-state index < -0.39 is 11.9 Å². The van der Waals surface area contributed by atoms with Gasteiger partial charge in [0, 0.05) is 29.6 Å². The Balaban J connectivity index is 1.55. The summed E-state index contributed by atoms with van der Waals surface area (Å²) in [4.78, 5) is 13.6. The van der Waals surface area contributed by atoms with Crippen molar-refractivity contribution in [3.63, 3.8) is 0 Å². The van der Waals surface area contributed by atoms with Crippen molar-refractivity contribution in [2.45, 2.75) is 44.8 Å². The third-order valence-electron chi connectivity index (χ3n) is 3.89. The molecule has 3 rings (SSSR count). The maximum atomic E-state index is 12.8. The van der Waals surface area contributed by atoms with Crippen molar-refractivity contribution >= 4 is 17.2 Å². The minimum Gasteiger partial charge on any atom is -0.351 e. The molecule has 1 saturated carbocycles. The van der Waals surface area contributed by atoms with Crippen molar-refractivity contribution in [1.29, 1.82) is 0 Å². The molecule has 8 heteroatoms. The Labute approximate surface area is 141 Å². The average Bonchev–Trinajstić information content (AvgIpc) is 3.10. The van der Waals surface area contributed by atoms with Gasteiger partial charge in [0.15, 0.2) is 5.69 Å². The molecule has 0 radical (unpaired) electrons. The second kappa shape index (κ2) is 6.58. The highest BCUT2D eigenvalue weighted by Crippen LogP contribution is 2.42. The minimum absolute atomic E-state index is 0.146. The third kappa shape index (κ3) is 3.98. The molecule has 24 heavy (non-hydrogen) atoms. The standard InChI is InChI=1S/C16H18F3N3OS/c1-10-3-6-13(24-10)15(23)20-7-2-8-22-12(11-4-5-11)9-14(21-22)16(17,18)19/h3,6,9,11H,2,4-5,7-8H2,1H3,(H,20,23). The largest absolute Gasteiger partial charge is 0.435 e. The molecular formula is C16H18F3N3OS. The van der Waals surface area contributed by atoms with Crippen molar-refractivity contribution in [2.75, 3.05) is 6.54 Å². The first kappa shape index (κ1) is 17.0. The zero-order valence-corrected chi connectivity index (χ0v) is 14.0. The number of amides is 1. The Morgan fingerprint density at radius 2 is 2.17 bits per heavy atom. The van der Waals surface area contributed by atoms with Crippen LogP contribution in [0.4, 0.5) is 13.2 Å². The fourth-order valence-electron chi connectivity index (χ4n) is 2.53. The molecule has 0 aliphatic heterocycles.